The number of likely N-dealkylation sites (tertiary alicyclic amines) is 1. The molecule has 1 saturated heterocycles. The summed E-state index contributed by atoms with van der Waals surface area (Å²) in [5, 5.41) is 0. The molecule has 1 nitrogen and oxygen atoms in total. The first-order valence-electron chi connectivity index (χ1n) is 6.62. The van der Waals surface area contributed by atoms with Crippen molar-refractivity contribution in [3.05, 3.63) is 0 Å². The molecule has 1 rings (SSSR count). The summed E-state index contributed by atoms with van der Waals surface area (Å²) in [6.07, 6.45) is 8.40. The molecular weight excluding hydrogens is 170 g/mol. The van der Waals surface area contributed by atoms with Crippen LogP contribution in [0.2, 0.25) is 0 Å². The van der Waals surface area contributed by atoms with Crippen molar-refractivity contribution in [1.29, 1.82) is 0 Å². The van der Waals surface area contributed by atoms with Gasteiger partial charge in [0.25, 0.3) is 0 Å². The molecule has 0 aromatic rings. The van der Waals surface area contributed by atoms with Crippen LogP contribution >= 0.6 is 0 Å². The predicted molar refractivity (Wildman–Crippen MR) is 65.8 cm³/mol. The molecule has 14 heavy (non-hydrogen) atoms. The van der Waals surface area contributed by atoms with Gasteiger partial charge in [-0.2, -0.15) is 0 Å². The summed E-state index contributed by atoms with van der Waals surface area (Å²) in [4.78, 5) is 2.70. The molecular formula is C13H29N. The second-order valence-electron chi connectivity index (χ2n) is 3.95. The fraction of sp³-hybridized carbons (Fsp3) is 1.00. The van der Waals surface area contributed by atoms with Crippen molar-refractivity contribution in [3.63, 3.8) is 0 Å². The minimum atomic E-state index is 0.885. The highest BCUT2D eigenvalue weighted by Gasteiger charge is 2.17. The first-order chi connectivity index (χ1) is 6.88. The molecule has 0 saturated carbocycles. The number of nitrogens with zero attached hydrogens (tertiary/aromatic N) is 1. The lowest BCUT2D eigenvalue weighted by molar-refractivity contribution is 0.150. The predicted octanol–water partition coefficient (Wildman–Crippen LogP) is 4.08. The number of rotatable bonds is 4. The zero-order valence-electron chi connectivity index (χ0n) is 10.7. The largest absolute Gasteiger partial charge is 0.300 e. The SMILES string of the molecule is CC.CCCC(CC)N1CCCCC1. The molecule has 0 N–H and O–H groups in total. The Morgan fingerprint density at radius 2 is 1.57 bits per heavy atom. The highest BCUT2D eigenvalue weighted by Crippen LogP contribution is 2.17. The molecule has 0 aromatic carbocycles. The van der Waals surface area contributed by atoms with Gasteiger partial charge in [0.1, 0.15) is 0 Å². The van der Waals surface area contributed by atoms with Crippen molar-refractivity contribution < 1.29 is 0 Å². The Hall–Kier alpha value is -0.0400. The fourth-order valence-corrected chi connectivity index (χ4v) is 2.26. The average molecular weight is 199 g/mol. The van der Waals surface area contributed by atoms with E-state index in [0.717, 1.165) is 6.04 Å². The molecule has 0 bridgehead atoms. The van der Waals surface area contributed by atoms with E-state index in [1.165, 1.54) is 51.6 Å². The minimum Gasteiger partial charge on any atom is -0.300 e. The van der Waals surface area contributed by atoms with E-state index < -0.39 is 0 Å². The lowest BCUT2D eigenvalue weighted by Gasteiger charge is -2.33. The Morgan fingerprint density at radius 1 is 1.00 bits per heavy atom. The van der Waals surface area contributed by atoms with Gasteiger partial charge in [0.15, 0.2) is 0 Å². The van der Waals surface area contributed by atoms with Gasteiger partial charge in [-0.15, -0.1) is 0 Å². The van der Waals surface area contributed by atoms with E-state index in [1.807, 2.05) is 13.8 Å². The van der Waals surface area contributed by atoms with E-state index in [0.29, 0.717) is 0 Å². The Morgan fingerprint density at radius 3 is 2.00 bits per heavy atom. The van der Waals surface area contributed by atoms with Crippen LogP contribution in [0.25, 0.3) is 0 Å². The van der Waals surface area contributed by atoms with Crippen LogP contribution in [0, 0.1) is 0 Å². The maximum absolute atomic E-state index is 2.70. The van der Waals surface area contributed by atoms with E-state index >= 15 is 0 Å². The van der Waals surface area contributed by atoms with Crippen LogP contribution in [0.1, 0.15) is 66.2 Å². The Kier molecular flexibility index (Phi) is 9.49. The van der Waals surface area contributed by atoms with Gasteiger partial charge in [0, 0.05) is 6.04 Å². The van der Waals surface area contributed by atoms with E-state index in [4.69, 9.17) is 0 Å². The van der Waals surface area contributed by atoms with E-state index in [-0.39, 0.29) is 0 Å². The van der Waals surface area contributed by atoms with Gasteiger partial charge >= 0.3 is 0 Å². The summed E-state index contributed by atoms with van der Waals surface area (Å²) >= 11 is 0. The van der Waals surface area contributed by atoms with Crippen molar-refractivity contribution >= 4 is 0 Å². The summed E-state index contributed by atoms with van der Waals surface area (Å²) < 4.78 is 0. The van der Waals surface area contributed by atoms with Crippen molar-refractivity contribution in [1.82, 2.24) is 4.90 Å². The number of piperidine rings is 1. The lowest BCUT2D eigenvalue weighted by Crippen LogP contribution is -2.38. The molecule has 0 aliphatic carbocycles. The van der Waals surface area contributed by atoms with Gasteiger partial charge in [0.2, 0.25) is 0 Å². The molecule has 1 atom stereocenters. The molecule has 0 amide bonds. The van der Waals surface area contributed by atoms with Gasteiger partial charge < -0.3 is 4.90 Å². The van der Waals surface area contributed by atoms with Crippen LogP contribution in [0.3, 0.4) is 0 Å². The second-order valence-corrected chi connectivity index (χ2v) is 3.95. The van der Waals surface area contributed by atoms with Crippen LogP contribution in [-0.4, -0.2) is 24.0 Å². The van der Waals surface area contributed by atoms with Crippen molar-refractivity contribution in [2.24, 2.45) is 0 Å². The van der Waals surface area contributed by atoms with Gasteiger partial charge in [0.05, 0.1) is 0 Å². The van der Waals surface area contributed by atoms with Crippen LogP contribution in [-0.2, 0) is 0 Å². The normalized spacial score (nSPS) is 19.7. The third-order valence-corrected chi connectivity index (χ3v) is 3.00. The first kappa shape index (κ1) is 14.0. The summed E-state index contributed by atoms with van der Waals surface area (Å²) in [6.45, 7) is 11.3. The van der Waals surface area contributed by atoms with Gasteiger partial charge in [-0.1, -0.05) is 40.5 Å². The quantitative estimate of drug-likeness (QED) is 0.659. The third kappa shape index (κ3) is 4.99. The average Bonchev–Trinajstić information content (AvgIpc) is 2.30. The molecule has 0 spiro atoms. The van der Waals surface area contributed by atoms with Crippen LogP contribution in [0.5, 0.6) is 0 Å². The number of hydrogen-bond donors (Lipinski definition) is 0. The Labute approximate surface area is 90.9 Å². The minimum absolute atomic E-state index is 0.885. The summed E-state index contributed by atoms with van der Waals surface area (Å²) in [5.74, 6) is 0. The third-order valence-electron chi connectivity index (χ3n) is 3.00. The van der Waals surface area contributed by atoms with Crippen LogP contribution in [0.4, 0.5) is 0 Å². The number of hydrogen-bond acceptors (Lipinski definition) is 1. The van der Waals surface area contributed by atoms with Crippen molar-refractivity contribution in [2.75, 3.05) is 13.1 Å². The van der Waals surface area contributed by atoms with Crippen LogP contribution < -0.4 is 0 Å². The molecule has 1 heterocycles. The fourth-order valence-electron chi connectivity index (χ4n) is 2.26. The van der Waals surface area contributed by atoms with E-state index in [9.17, 15) is 0 Å². The standard InChI is InChI=1S/C11H23N.C2H6/c1-3-8-11(4-2)12-9-6-5-7-10-12;1-2/h11H,3-10H2,1-2H3;1-2H3. The van der Waals surface area contributed by atoms with E-state index in [1.54, 1.807) is 0 Å². The molecule has 0 aromatic heterocycles. The maximum atomic E-state index is 2.70. The molecule has 1 aliphatic heterocycles. The maximum Gasteiger partial charge on any atom is 0.00925 e. The zero-order chi connectivity index (χ0) is 10.8. The summed E-state index contributed by atoms with van der Waals surface area (Å²) in [5.41, 5.74) is 0. The molecule has 1 fully saturated rings. The van der Waals surface area contributed by atoms with Crippen LogP contribution in [0.15, 0.2) is 0 Å². The molecule has 1 heteroatoms. The van der Waals surface area contributed by atoms with E-state index in [2.05, 4.69) is 18.7 Å². The zero-order valence-corrected chi connectivity index (χ0v) is 10.7. The van der Waals surface area contributed by atoms with Gasteiger partial charge in [-0.3, -0.25) is 0 Å². The van der Waals surface area contributed by atoms with Crippen molar-refractivity contribution in [3.8, 4) is 0 Å². The molecule has 1 aliphatic rings. The summed E-state index contributed by atoms with van der Waals surface area (Å²) in [6, 6.07) is 0.885. The Balaban J connectivity index is 0.000000791. The van der Waals surface area contributed by atoms with Gasteiger partial charge in [-0.05, 0) is 38.8 Å². The summed E-state index contributed by atoms with van der Waals surface area (Å²) in [7, 11) is 0. The highest BCUT2D eigenvalue weighted by molar-refractivity contribution is 4.73. The molecule has 86 valence electrons. The smallest absolute Gasteiger partial charge is 0.00925 e. The molecule has 0 radical (unpaired) electrons. The lowest BCUT2D eigenvalue weighted by atomic mass is 10.0. The van der Waals surface area contributed by atoms with Gasteiger partial charge in [-0.25, -0.2) is 0 Å². The highest BCUT2D eigenvalue weighted by atomic mass is 15.2. The Bertz CT molecular complexity index is 103. The van der Waals surface area contributed by atoms with Crippen molar-refractivity contribution in [2.45, 2.75) is 72.3 Å². The monoisotopic (exact) mass is 199 g/mol. The second kappa shape index (κ2) is 9.51. The molecule has 1 unspecified atom stereocenters. The topological polar surface area (TPSA) is 3.24 Å². The first-order valence-corrected chi connectivity index (χ1v) is 6.62.